The number of alkyl halides is 1. The largest absolute Gasteiger partial charge is 0.250 e. The van der Waals surface area contributed by atoms with Crippen LogP contribution in [0.3, 0.4) is 0 Å². The van der Waals surface area contributed by atoms with E-state index in [2.05, 4.69) is 11.9 Å². The molecule has 0 saturated heterocycles. The molecule has 1 atom stereocenters. The molecule has 3 heteroatoms. The standard InChI is InChI=1S/C10H16ClNS/c1-2-4-9(11)5-3-6-10-12-7-8-13-10/h7-9H,2-6H2,1H3. The second kappa shape index (κ2) is 6.39. The molecule has 0 aliphatic heterocycles. The second-order valence-corrected chi connectivity index (χ2v) is 4.80. The lowest BCUT2D eigenvalue weighted by Gasteiger charge is -2.05. The highest BCUT2D eigenvalue weighted by molar-refractivity contribution is 7.09. The van der Waals surface area contributed by atoms with E-state index in [-0.39, 0.29) is 0 Å². The number of aryl methyl sites for hydroxylation is 1. The van der Waals surface area contributed by atoms with Crippen LogP contribution in [0.4, 0.5) is 0 Å². The summed E-state index contributed by atoms with van der Waals surface area (Å²) in [6.07, 6.45) is 7.57. The maximum atomic E-state index is 6.10. The van der Waals surface area contributed by atoms with Crippen molar-refractivity contribution >= 4 is 22.9 Å². The quantitative estimate of drug-likeness (QED) is 0.660. The SMILES string of the molecule is CCCC(Cl)CCCc1nccs1. The summed E-state index contributed by atoms with van der Waals surface area (Å²) >= 11 is 7.84. The first kappa shape index (κ1) is 11.0. The summed E-state index contributed by atoms with van der Waals surface area (Å²) in [5, 5.41) is 3.63. The Kier molecular flexibility index (Phi) is 5.40. The first-order valence-electron chi connectivity index (χ1n) is 4.85. The molecule has 0 N–H and O–H groups in total. The number of hydrogen-bond acceptors (Lipinski definition) is 2. The molecule has 1 aromatic rings. The Morgan fingerprint density at radius 2 is 2.38 bits per heavy atom. The van der Waals surface area contributed by atoms with E-state index in [9.17, 15) is 0 Å². The third-order valence-electron chi connectivity index (χ3n) is 1.99. The number of hydrogen-bond donors (Lipinski definition) is 0. The third kappa shape index (κ3) is 4.63. The van der Waals surface area contributed by atoms with Gasteiger partial charge in [-0.05, 0) is 25.7 Å². The van der Waals surface area contributed by atoms with Crippen molar-refractivity contribution in [3.63, 3.8) is 0 Å². The van der Waals surface area contributed by atoms with Gasteiger partial charge in [-0.2, -0.15) is 0 Å². The summed E-state index contributed by atoms with van der Waals surface area (Å²) in [5.74, 6) is 0. The van der Waals surface area contributed by atoms with Gasteiger partial charge in [0.25, 0.3) is 0 Å². The zero-order valence-electron chi connectivity index (χ0n) is 8.00. The van der Waals surface area contributed by atoms with E-state index < -0.39 is 0 Å². The lowest BCUT2D eigenvalue weighted by atomic mass is 10.1. The van der Waals surface area contributed by atoms with Crippen LogP contribution in [-0.2, 0) is 6.42 Å². The van der Waals surface area contributed by atoms with Crippen LogP contribution in [0.1, 0.15) is 37.6 Å². The Labute approximate surface area is 89.1 Å². The third-order valence-corrected chi connectivity index (χ3v) is 3.27. The molecule has 0 aromatic carbocycles. The Hall–Kier alpha value is -0.0800. The van der Waals surface area contributed by atoms with Crippen LogP contribution in [0.15, 0.2) is 11.6 Å². The Morgan fingerprint density at radius 1 is 1.54 bits per heavy atom. The number of halogens is 1. The first-order chi connectivity index (χ1) is 6.33. The molecular formula is C10H16ClNS. The predicted octanol–water partition coefficient (Wildman–Crippen LogP) is 3.87. The van der Waals surface area contributed by atoms with Gasteiger partial charge < -0.3 is 0 Å². The highest BCUT2D eigenvalue weighted by atomic mass is 35.5. The molecule has 0 aliphatic carbocycles. The molecule has 1 unspecified atom stereocenters. The van der Waals surface area contributed by atoms with E-state index in [4.69, 9.17) is 11.6 Å². The van der Waals surface area contributed by atoms with E-state index in [0.717, 1.165) is 19.3 Å². The maximum Gasteiger partial charge on any atom is 0.0924 e. The van der Waals surface area contributed by atoms with Crippen LogP contribution in [0.25, 0.3) is 0 Å². The van der Waals surface area contributed by atoms with Crippen LogP contribution in [0, 0.1) is 0 Å². The van der Waals surface area contributed by atoms with Gasteiger partial charge in [0.1, 0.15) is 0 Å². The fraction of sp³-hybridized carbons (Fsp3) is 0.700. The van der Waals surface area contributed by atoms with Crippen LogP contribution in [-0.4, -0.2) is 10.4 Å². The highest BCUT2D eigenvalue weighted by Gasteiger charge is 2.03. The normalized spacial score (nSPS) is 13.1. The van der Waals surface area contributed by atoms with Gasteiger partial charge in [0.15, 0.2) is 0 Å². The van der Waals surface area contributed by atoms with E-state index in [0.29, 0.717) is 5.38 Å². The van der Waals surface area contributed by atoms with Crippen molar-refractivity contribution in [2.75, 3.05) is 0 Å². The lowest BCUT2D eigenvalue weighted by Crippen LogP contribution is -1.98. The van der Waals surface area contributed by atoms with Crippen molar-refractivity contribution in [1.82, 2.24) is 4.98 Å². The number of thiazole rings is 1. The number of nitrogens with zero attached hydrogens (tertiary/aromatic N) is 1. The van der Waals surface area contributed by atoms with Crippen LogP contribution >= 0.6 is 22.9 Å². The molecule has 1 aromatic heterocycles. The van der Waals surface area contributed by atoms with Crippen LogP contribution in [0.2, 0.25) is 0 Å². The van der Waals surface area contributed by atoms with Crippen molar-refractivity contribution in [2.45, 2.75) is 44.4 Å². The van der Waals surface area contributed by atoms with E-state index in [1.807, 2.05) is 11.6 Å². The summed E-state index contributed by atoms with van der Waals surface area (Å²) in [4.78, 5) is 4.23. The van der Waals surface area contributed by atoms with E-state index in [1.54, 1.807) is 11.3 Å². The topological polar surface area (TPSA) is 12.9 Å². The van der Waals surface area contributed by atoms with Crippen LogP contribution < -0.4 is 0 Å². The minimum Gasteiger partial charge on any atom is -0.250 e. The molecule has 0 fully saturated rings. The molecule has 1 nitrogen and oxygen atoms in total. The number of rotatable bonds is 6. The van der Waals surface area contributed by atoms with Gasteiger partial charge in [0.2, 0.25) is 0 Å². The summed E-state index contributed by atoms with van der Waals surface area (Å²) in [5.41, 5.74) is 0. The average Bonchev–Trinajstić information content (AvgIpc) is 2.57. The summed E-state index contributed by atoms with van der Waals surface area (Å²) < 4.78 is 0. The lowest BCUT2D eigenvalue weighted by molar-refractivity contribution is 0.639. The molecule has 13 heavy (non-hydrogen) atoms. The first-order valence-corrected chi connectivity index (χ1v) is 6.17. The summed E-state index contributed by atoms with van der Waals surface area (Å²) in [6, 6.07) is 0. The van der Waals surface area contributed by atoms with E-state index in [1.165, 1.54) is 17.8 Å². The fourth-order valence-corrected chi connectivity index (χ4v) is 2.34. The monoisotopic (exact) mass is 217 g/mol. The van der Waals surface area contributed by atoms with Crippen molar-refractivity contribution < 1.29 is 0 Å². The van der Waals surface area contributed by atoms with Crippen molar-refractivity contribution in [3.8, 4) is 0 Å². The number of aromatic nitrogens is 1. The molecular weight excluding hydrogens is 202 g/mol. The molecule has 0 saturated carbocycles. The second-order valence-electron chi connectivity index (χ2n) is 3.20. The fourth-order valence-electron chi connectivity index (χ4n) is 1.31. The van der Waals surface area contributed by atoms with Gasteiger partial charge >= 0.3 is 0 Å². The molecule has 74 valence electrons. The minimum absolute atomic E-state index is 0.366. The molecule has 0 aliphatic rings. The van der Waals surface area contributed by atoms with Gasteiger partial charge in [0, 0.05) is 17.0 Å². The summed E-state index contributed by atoms with van der Waals surface area (Å²) in [6.45, 7) is 2.18. The van der Waals surface area contributed by atoms with Crippen LogP contribution in [0.5, 0.6) is 0 Å². The molecule has 0 spiro atoms. The molecule has 0 radical (unpaired) electrons. The summed E-state index contributed by atoms with van der Waals surface area (Å²) in [7, 11) is 0. The van der Waals surface area contributed by atoms with Gasteiger partial charge in [-0.15, -0.1) is 22.9 Å². The van der Waals surface area contributed by atoms with Gasteiger partial charge in [0.05, 0.1) is 5.01 Å². The van der Waals surface area contributed by atoms with Gasteiger partial charge in [-0.1, -0.05) is 13.3 Å². The zero-order chi connectivity index (χ0) is 9.52. The Morgan fingerprint density at radius 3 is 3.00 bits per heavy atom. The Bertz CT molecular complexity index is 211. The van der Waals surface area contributed by atoms with E-state index >= 15 is 0 Å². The molecule has 0 amide bonds. The Balaban J connectivity index is 2.07. The average molecular weight is 218 g/mol. The van der Waals surface area contributed by atoms with Crippen molar-refractivity contribution in [3.05, 3.63) is 16.6 Å². The van der Waals surface area contributed by atoms with Gasteiger partial charge in [-0.3, -0.25) is 0 Å². The zero-order valence-corrected chi connectivity index (χ0v) is 9.57. The van der Waals surface area contributed by atoms with Crippen molar-refractivity contribution in [1.29, 1.82) is 0 Å². The molecule has 1 heterocycles. The van der Waals surface area contributed by atoms with Crippen molar-refractivity contribution in [2.24, 2.45) is 0 Å². The minimum atomic E-state index is 0.366. The molecule has 1 rings (SSSR count). The maximum absolute atomic E-state index is 6.10. The van der Waals surface area contributed by atoms with Gasteiger partial charge in [-0.25, -0.2) is 4.98 Å². The predicted molar refractivity (Wildman–Crippen MR) is 59.6 cm³/mol. The highest BCUT2D eigenvalue weighted by Crippen LogP contribution is 2.15. The smallest absolute Gasteiger partial charge is 0.0924 e. The molecule has 0 bridgehead atoms.